The number of rotatable bonds is 3. The number of hydrogen-bond acceptors (Lipinski definition) is 4. The number of likely N-dealkylation sites (tertiary alicyclic amines) is 1. The molecule has 23 heavy (non-hydrogen) atoms. The summed E-state index contributed by atoms with van der Waals surface area (Å²) >= 11 is 0. The van der Waals surface area contributed by atoms with Gasteiger partial charge in [-0.2, -0.15) is 4.31 Å². The molecule has 7 nitrogen and oxygen atoms in total. The minimum atomic E-state index is -3.56. The standard InChI is InChI=1S/C15H23N3O4S/c1-12-2-4-17(5-3-12)15(19)14-10-13(11-16-14)23(20,21)18-6-8-22-9-7-18/h10-12,16H,2-9H2,1H3. The van der Waals surface area contributed by atoms with E-state index in [-0.39, 0.29) is 10.8 Å². The van der Waals surface area contributed by atoms with Crippen molar-refractivity contribution >= 4 is 15.9 Å². The van der Waals surface area contributed by atoms with Gasteiger partial charge in [0, 0.05) is 32.4 Å². The van der Waals surface area contributed by atoms with Crippen LogP contribution in [0.25, 0.3) is 0 Å². The quantitative estimate of drug-likeness (QED) is 0.886. The molecular weight excluding hydrogens is 318 g/mol. The molecule has 3 heterocycles. The van der Waals surface area contributed by atoms with E-state index >= 15 is 0 Å². The lowest BCUT2D eigenvalue weighted by molar-refractivity contribution is 0.0691. The summed E-state index contributed by atoms with van der Waals surface area (Å²) in [5.41, 5.74) is 0.339. The Morgan fingerprint density at radius 2 is 1.87 bits per heavy atom. The lowest BCUT2D eigenvalue weighted by Gasteiger charge is -2.29. The normalized spacial score (nSPS) is 21.5. The topological polar surface area (TPSA) is 82.7 Å². The van der Waals surface area contributed by atoms with Crippen LogP contribution in [-0.4, -0.2) is 67.9 Å². The van der Waals surface area contributed by atoms with E-state index < -0.39 is 10.0 Å². The second-order valence-corrected chi connectivity index (χ2v) is 8.18. The number of sulfonamides is 1. The van der Waals surface area contributed by atoms with Crippen LogP contribution < -0.4 is 0 Å². The number of amides is 1. The molecule has 0 spiro atoms. The molecule has 2 aliphatic heterocycles. The first-order valence-corrected chi connectivity index (χ1v) is 9.48. The molecule has 2 saturated heterocycles. The molecule has 0 aromatic carbocycles. The molecule has 2 aliphatic rings. The van der Waals surface area contributed by atoms with Gasteiger partial charge in [-0.05, 0) is 24.8 Å². The Labute approximate surface area is 136 Å². The highest BCUT2D eigenvalue weighted by molar-refractivity contribution is 7.89. The van der Waals surface area contributed by atoms with Crippen molar-refractivity contribution < 1.29 is 17.9 Å². The van der Waals surface area contributed by atoms with Gasteiger partial charge in [-0.15, -0.1) is 0 Å². The Hall–Kier alpha value is -1.38. The van der Waals surface area contributed by atoms with Crippen LogP contribution in [0.5, 0.6) is 0 Å². The van der Waals surface area contributed by atoms with Gasteiger partial charge in [-0.1, -0.05) is 6.92 Å². The minimum absolute atomic E-state index is 0.125. The van der Waals surface area contributed by atoms with Crippen molar-refractivity contribution in [1.82, 2.24) is 14.2 Å². The third kappa shape index (κ3) is 3.44. The van der Waals surface area contributed by atoms with E-state index in [9.17, 15) is 13.2 Å². The summed E-state index contributed by atoms with van der Waals surface area (Å²) in [6.45, 7) is 5.14. The molecular formula is C15H23N3O4S. The van der Waals surface area contributed by atoms with Crippen LogP contribution >= 0.6 is 0 Å². The highest BCUT2D eigenvalue weighted by Crippen LogP contribution is 2.21. The maximum atomic E-state index is 12.6. The SMILES string of the molecule is CC1CCN(C(=O)c2cc(S(=O)(=O)N3CCOCC3)c[nH]2)CC1. The summed E-state index contributed by atoms with van der Waals surface area (Å²) in [5, 5.41) is 0. The van der Waals surface area contributed by atoms with Crippen molar-refractivity contribution in [1.29, 1.82) is 0 Å². The zero-order chi connectivity index (χ0) is 16.4. The lowest BCUT2D eigenvalue weighted by Crippen LogP contribution is -2.40. The number of H-pyrrole nitrogens is 1. The predicted molar refractivity (Wildman–Crippen MR) is 84.7 cm³/mol. The van der Waals surface area contributed by atoms with Crippen LogP contribution in [-0.2, 0) is 14.8 Å². The Morgan fingerprint density at radius 3 is 2.52 bits per heavy atom. The van der Waals surface area contributed by atoms with Crippen molar-refractivity contribution in [3.05, 3.63) is 18.0 Å². The van der Waals surface area contributed by atoms with Gasteiger partial charge in [-0.3, -0.25) is 4.79 Å². The van der Waals surface area contributed by atoms with Crippen molar-refractivity contribution in [2.75, 3.05) is 39.4 Å². The van der Waals surface area contributed by atoms with Gasteiger partial charge in [0.15, 0.2) is 0 Å². The summed E-state index contributed by atoms with van der Waals surface area (Å²) in [4.78, 5) is 17.3. The maximum absolute atomic E-state index is 12.6. The average Bonchev–Trinajstić information content (AvgIpc) is 3.06. The molecule has 0 unspecified atom stereocenters. The second kappa shape index (κ2) is 6.62. The van der Waals surface area contributed by atoms with Crippen molar-refractivity contribution in [3.8, 4) is 0 Å². The molecule has 1 N–H and O–H groups in total. The van der Waals surface area contributed by atoms with E-state index in [4.69, 9.17) is 4.74 Å². The third-order valence-corrected chi connectivity index (χ3v) is 6.44. The fraction of sp³-hybridized carbons (Fsp3) is 0.667. The van der Waals surface area contributed by atoms with E-state index in [1.54, 1.807) is 4.90 Å². The predicted octanol–water partition coefficient (Wildman–Crippen LogP) is 0.908. The first kappa shape index (κ1) is 16.5. The van der Waals surface area contributed by atoms with E-state index in [0.29, 0.717) is 37.9 Å². The van der Waals surface area contributed by atoms with Gasteiger partial charge in [0.05, 0.1) is 13.2 Å². The largest absolute Gasteiger partial charge is 0.379 e. The average molecular weight is 341 g/mol. The van der Waals surface area contributed by atoms with Crippen molar-refractivity contribution in [3.63, 3.8) is 0 Å². The number of nitrogens with zero attached hydrogens (tertiary/aromatic N) is 2. The minimum Gasteiger partial charge on any atom is -0.379 e. The number of hydrogen-bond donors (Lipinski definition) is 1. The monoisotopic (exact) mass is 341 g/mol. The first-order chi connectivity index (χ1) is 11.0. The number of carbonyl (C=O) groups is 1. The fourth-order valence-electron chi connectivity index (χ4n) is 2.96. The summed E-state index contributed by atoms with van der Waals surface area (Å²) in [6.07, 6.45) is 3.39. The number of ether oxygens (including phenoxy) is 1. The number of nitrogens with one attached hydrogen (secondary N) is 1. The van der Waals surface area contributed by atoms with Crippen molar-refractivity contribution in [2.24, 2.45) is 5.92 Å². The maximum Gasteiger partial charge on any atom is 0.270 e. The molecule has 0 saturated carbocycles. The van der Waals surface area contributed by atoms with Gasteiger partial charge in [0.25, 0.3) is 5.91 Å². The molecule has 0 aliphatic carbocycles. The Balaban J connectivity index is 1.73. The summed E-state index contributed by atoms with van der Waals surface area (Å²) in [5.74, 6) is 0.514. The smallest absolute Gasteiger partial charge is 0.270 e. The van der Waals surface area contributed by atoms with E-state index in [2.05, 4.69) is 11.9 Å². The zero-order valence-electron chi connectivity index (χ0n) is 13.3. The molecule has 1 aromatic heterocycles. The number of piperidine rings is 1. The van der Waals surface area contributed by atoms with Crippen LogP contribution in [0.3, 0.4) is 0 Å². The highest BCUT2D eigenvalue weighted by Gasteiger charge is 2.29. The van der Waals surface area contributed by atoms with Gasteiger partial charge in [0.2, 0.25) is 10.0 Å². The van der Waals surface area contributed by atoms with Crippen LogP contribution in [0.2, 0.25) is 0 Å². The Kier molecular flexibility index (Phi) is 4.74. The number of carbonyl (C=O) groups excluding carboxylic acids is 1. The lowest BCUT2D eigenvalue weighted by atomic mass is 9.99. The molecule has 2 fully saturated rings. The zero-order valence-corrected chi connectivity index (χ0v) is 14.1. The van der Waals surface area contributed by atoms with Gasteiger partial charge >= 0.3 is 0 Å². The molecule has 1 amide bonds. The highest BCUT2D eigenvalue weighted by atomic mass is 32.2. The van der Waals surface area contributed by atoms with Crippen LogP contribution in [0, 0.1) is 5.92 Å². The molecule has 8 heteroatoms. The Bertz CT molecular complexity index is 656. The van der Waals surface area contributed by atoms with Gasteiger partial charge in [-0.25, -0.2) is 8.42 Å². The molecule has 1 aromatic rings. The molecule has 3 rings (SSSR count). The van der Waals surface area contributed by atoms with Crippen molar-refractivity contribution in [2.45, 2.75) is 24.7 Å². The Morgan fingerprint density at radius 1 is 1.22 bits per heavy atom. The third-order valence-electron chi connectivity index (χ3n) is 4.57. The summed E-state index contributed by atoms with van der Waals surface area (Å²) in [6, 6.07) is 1.45. The number of morpholine rings is 1. The number of aromatic amines is 1. The van der Waals surface area contributed by atoms with E-state index in [1.165, 1.54) is 16.6 Å². The fourth-order valence-corrected chi connectivity index (χ4v) is 4.37. The van der Waals surface area contributed by atoms with E-state index in [1.807, 2.05) is 0 Å². The summed E-state index contributed by atoms with van der Waals surface area (Å²) in [7, 11) is -3.56. The second-order valence-electron chi connectivity index (χ2n) is 6.24. The van der Waals surface area contributed by atoms with Gasteiger partial charge < -0.3 is 14.6 Å². The van der Waals surface area contributed by atoms with Gasteiger partial charge in [0.1, 0.15) is 10.6 Å². The molecule has 0 radical (unpaired) electrons. The van der Waals surface area contributed by atoms with E-state index in [0.717, 1.165) is 25.9 Å². The number of aromatic nitrogens is 1. The molecule has 0 atom stereocenters. The first-order valence-electron chi connectivity index (χ1n) is 8.04. The molecule has 128 valence electrons. The van der Waals surface area contributed by atoms with Crippen LogP contribution in [0.1, 0.15) is 30.3 Å². The van der Waals surface area contributed by atoms with Crippen LogP contribution in [0.15, 0.2) is 17.2 Å². The van der Waals surface area contributed by atoms with Crippen LogP contribution in [0.4, 0.5) is 0 Å². The molecule has 0 bridgehead atoms. The summed E-state index contributed by atoms with van der Waals surface area (Å²) < 4.78 is 31.7.